The average Bonchev–Trinajstić information content (AvgIpc) is 3.79. The highest BCUT2D eigenvalue weighted by molar-refractivity contribution is 5.69. The number of benzene rings is 1. The molecule has 6 atom stereocenters. The van der Waals surface area contributed by atoms with Crippen molar-refractivity contribution in [1.82, 2.24) is 15.1 Å². The first-order valence-electron chi connectivity index (χ1n) is 15.6. The standard InChI is InChI=1S/C33H52N4O4/c1-22(23-11-9-8-10-12-23)35-26-13-16-36(28(38)40-30(2,3)4)21-33(26)18-25(33)17-24-19-37(29(39)41-31(5,6)7)20-32(14-15-32)27(24)34/h8-12,22,24-27,35H,13-21,34H2,1-7H3/t22-,24?,25?,26-,27-,33?/m0/s1. The van der Waals surface area contributed by atoms with Crippen molar-refractivity contribution in [3.8, 4) is 0 Å². The molecule has 2 aliphatic carbocycles. The van der Waals surface area contributed by atoms with Crippen molar-refractivity contribution in [2.75, 3.05) is 26.2 Å². The van der Waals surface area contributed by atoms with E-state index in [0.29, 0.717) is 32.1 Å². The molecule has 2 saturated carbocycles. The number of hydrogen-bond donors (Lipinski definition) is 2. The fourth-order valence-electron chi connectivity index (χ4n) is 7.48. The SMILES string of the molecule is C[C@H](N[C@H]1CCN(C(=O)OC(C)(C)C)CC12CC2CC1CN(C(=O)OC(C)(C)C)CC2(CC2)[C@H]1N)c1ccccc1. The van der Waals surface area contributed by atoms with Crippen molar-refractivity contribution in [3.63, 3.8) is 0 Å². The maximum Gasteiger partial charge on any atom is 0.410 e. The maximum atomic E-state index is 13.2. The summed E-state index contributed by atoms with van der Waals surface area (Å²) in [4.78, 5) is 30.1. The lowest BCUT2D eigenvalue weighted by Gasteiger charge is -2.45. The Bertz CT molecular complexity index is 1110. The van der Waals surface area contributed by atoms with Crippen LogP contribution in [0.4, 0.5) is 9.59 Å². The smallest absolute Gasteiger partial charge is 0.410 e. The monoisotopic (exact) mass is 568 g/mol. The predicted octanol–water partition coefficient (Wildman–Crippen LogP) is 5.72. The van der Waals surface area contributed by atoms with Gasteiger partial charge in [0.05, 0.1) is 0 Å². The van der Waals surface area contributed by atoms with Gasteiger partial charge in [0, 0.05) is 55.1 Å². The summed E-state index contributed by atoms with van der Waals surface area (Å²) in [6.07, 6.45) is 4.60. The number of nitrogens with one attached hydrogen (secondary N) is 1. The third-order valence-electron chi connectivity index (χ3n) is 9.86. The van der Waals surface area contributed by atoms with Crippen LogP contribution in [0.25, 0.3) is 0 Å². The lowest BCUT2D eigenvalue weighted by atomic mass is 9.77. The Hall–Kier alpha value is -2.32. The second kappa shape index (κ2) is 10.7. The molecule has 2 saturated heterocycles. The highest BCUT2D eigenvalue weighted by Crippen LogP contribution is 2.62. The molecule has 1 aromatic carbocycles. The molecule has 0 bridgehead atoms. The number of carbonyl (C=O) groups is 2. The largest absolute Gasteiger partial charge is 0.444 e. The molecule has 41 heavy (non-hydrogen) atoms. The summed E-state index contributed by atoms with van der Waals surface area (Å²) in [6.45, 7) is 16.5. The highest BCUT2D eigenvalue weighted by Gasteiger charge is 2.64. The zero-order chi connectivity index (χ0) is 29.8. The van der Waals surface area contributed by atoms with Crippen molar-refractivity contribution >= 4 is 12.2 Å². The number of piperidine rings is 2. The number of carbonyl (C=O) groups excluding carboxylic acids is 2. The molecule has 3 unspecified atom stereocenters. The summed E-state index contributed by atoms with van der Waals surface area (Å²) < 4.78 is 11.6. The van der Waals surface area contributed by atoms with Crippen LogP contribution < -0.4 is 11.1 Å². The number of likely N-dealkylation sites (tertiary alicyclic amines) is 2. The molecule has 8 heteroatoms. The van der Waals surface area contributed by atoms with E-state index in [-0.39, 0.29) is 47.1 Å². The fourth-order valence-corrected chi connectivity index (χ4v) is 7.48. The molecule has 3 N–H and O–H groups in total. The Kier molecular flexibility index (Phi) is 7.90. The first-order chi connectivity index (χ1) is 19.1. The molecule has 2 amide bonds. The van der Waals surface area contributed by atoms with Gasteiger partial charge in [-0.15, -0.1) is 0 Å². The van der Waals surface area contributed by atoms with Crippen molar-refractivity contribution in [2.24, 2.45) is 28.4 Å². The van der Waals surface area contributed by atoms with Gasteiger partial charge in [-0.25, -0.2) is 9.59 Å². The normalized spacial score (nSPS) is 31.6. The Morgan fingerprint density at radius 2 is 1.61 bits per heavy atom. The second-order valence-corrected chi connectivity index (χ2v) is 15.4. The Balaban J connectivity index is 1.33. The molecule has 4 aliphatic rings. The second-order valence-electron chi connectivity index (χ2n) is 15.4. The van der Waals surface area contributed by atoms with Gasteiger partial charge < -0.3 is 30.3 Å². The van der Waals surface area contributed by atoms with Crippen LogP contribution >= 0.6 is 0 Å². The molecule has 0 aromatic heterocycles. The zero-order valence-electron chi connectivity index (χ0n) is 26.2. The molecule has 1 aromatic rings. The van der Waals surface area contributed by atoms with Gasteiger partial charge in [-0.05, 0) is 98.0 Å². The van der Waals surface area contributed by atoms with Crippen LogP contribution in [0.1, 0.15) is 92.2 Å². The molecule has 228 valence electrons. The van der Waals surface area contributed by atoms with Crippen molar-refractivity contribution in [1.29, 1.82) is 0 Å². The van der Waals surface area contributed by atoms with Crippen LogP contribution in [-0.2, 0) is 9.47 Å². The number of ether oxygens (including phenoxy) is 2. The van der Waals surface area contributed by atoms with Crippen molar-refractivity contribution < 1.29 is 19.1 Å². The van der Waals surface area contributed by atoms with Gasteiger partial charge in [0.15, 0.2) is 0 Å². The van der Waals surface area contributed by atoms with Crippen LogP contribution in [0, 0.1) is 22.7 Å². The zero-order valence-corrected chi connectivity index (χ0v) is 26.2. The quantitative estimate of drug-likeness (QED) is 0.472. The third kappa shape index (κ3) is 6.69. The van der Waals surface area contributed by atoms with Gasteiger partial charge in [-0.2, -0.15) is 0 Å². The van der Waals surface area contributed by atoms with E-state index in [0.717, 1.165) is 32.1 Å². The van der Waals surface area contributed by atoms with Crippen molar-refractivity contribution in [2.45, 2.75) is 110 Å². The van der Waals surface area contributed by atoms with Crippen LogP contribution in [0.2, 0.25) is 0 Å². The van der Waals surface area contributed by atoms with Crippen LogP contribution in [0.15, 0.2) is 30.3 Å². The van der Waals surface area contributed by atoms with E-state index in [9.17, 15) is 9.59 Å². The van der Waals surface area contributed by atoms with Gasteiger partial charge in [-0.3, -0.25) is 0 Å². The molecule has 4 fully saturated rings. The summed E-state index contributed by atoms with van der Waals surface area (Å²) >= 11 is 0. The predicted molar refractivity (Wildman–Crippen MR) is 160 cm³/mol. The summed E-state index contributed by atoms with van der Waals surface area (Å²) in [5.41, 5.74) is 7.18. The molecular formula is C33H52N4O4. The summed E-state index contributed by atoms with van der Waals surface area (Å²) in [5.74, 6) is 0.644. The molecule has 5 rings (SSSR count). The lowest BCUT2D eigenvalue weighted by Crippen LogP contribution is -2.57. The summed E-state index contributed by atoms with van der Waals surface area (Å²) in [6, 6.07) is 11.1. The van der Waals surface area contributed by atoms with Gasteiger partial charge >= 0.3 is 12.2 Å². The first kappa shape index (κ1) is 30.1. The van der Waals surface area contributed by atoms with Gasteiger partial charge in [0.25, 0.3) is 0 Å². The van der Waals surface area contributed by atoms with Crippen LogP contribution in [0.5, 0.6) is 0 Å². The average molecular weight is 569 g/mol. The van der Waals surface area contributed by atoms with Gasteiger partial charge in [0.1, 0.15) is 11.2 Å². The van der Waals surface area contributed by atoms with Crippen LogP contribution in [0.3, 0.4) is 0 Å². The van der Waals surface area contributed by atoms with Gasteiger partial charge in [-0.1, -0.05) is 30.3 Å². The minimum absolute atomic E-state index is 0.0243. The minimum atomic E-state index is -0.525. The van der Waals surface area contributed by atoms with E-state index >= 15 is 0 Å². The molecule has 2 aliphatic heterocycles. The first-order valence-corrected chi connectivity index (χ1v) is 15.6. The number of hydrogen-bond acceptors (Lipinski definition) is 6. The number of nitrogens with two attached hydrogens (primary N) is 1. The number of amides is 2. The molecule has 0 radical (unpaired) electrons. The summed E-state index contributed by atoms with van der Waals surface area (Å²) in [7, 11) is 0. The maximum absolute atomic E-state index is 13.2. The third-order valence-corrected chi connectivity index (χ3v) is 9.86. The van der Waals surface area contributed by atoms with E-state index in [4.69, 9.17) is 15.2 Å². The van der Waals surface area contributed by atoms with Crippen LogP contribution in [-0.4, -0.2) is 71.5 Å². The molecular weight excluding hydrogens is 516 g/mol. The highest BCUT2D eigenvalue weighted by atomic mass is 16.6. The molecule has 8 nitrogen and oxygen atoms in total. The lowest BCUT2D eigenvalue weighted by molar-refractivity contribution is -0.00191. The van der Waals surface area contributed by atoms with E-state index in [1.807, 2.05) is 51.3 Å². The summed E-state index contributed by atoms with van der Waals surface area (Å²) in [5, 5.41) is 3.96. The van der Waals surface area contributed by atoms with E-state index in [2.05, 4.69) is 42.6 Å². The Labute approximate surface area is 246 Å². The molecule has 2 spiro atoms. The van der Waals surface area contributed by atoms with E-state index < -0.39 is 11.2 Å². The minimum Gasteiger partial charge on any atom is -0.444 e. The fraction of sp³-hybridized carbons (Fsp3) is 0.758. The Morgan fingerprint density at radius 1 is 1.00 bits per heavy atom. The molecule has 2 heterocycles. The van der Waals surface area contributed by atoms with E-state index in [1.165, 1.54) is 5.56 Å². The van der Waals surface area contributed by atoms with E-state index in [1.54, 1.807) is 0 Å². The topological polar surface area (TPSA) is 97.1 Å². The van der Waals surface area contributed by atoms with Gasteiger partial charge in [0.2, 0.25) is 0 Å². The number of rotatable bonds is 5. The number of nitrogens with zero attached hydrogens (tertiary/aromatic N) is 2. The van der Waals surface area contributed by atoms with Crippen molar-refractivity contribution in [3.05, 3.63) is 35.9 Å². The Morgan fingerprint density at radius 3 is 2.20 bits per heavy atom.